The Hall–Kier alpha value is -1.26. The molecule has 1 aliphatic heterocycles. The molecule has 2 rings (SSSR count). The van der Waals surface area contributed by atoms with Gasteiger partial charge in [-0.1, -0.05) is 0 Å². The normalized spacial score (nSPS) is 17.0. The van der Waals surface area contributed by atoms with Crippen molar-refractivity contribution in [1.82, 2.24) is 4.90 Å². The molecule has 1 aromatic rings. The SMILES string of the molecule is CCOc1ccc(C(=O)N2CCC(C(C)N)CC2)cc1.Cl. The summed E-state index contributed by atoms with van der Waals surface area (Å²) in [5.41, 5.74) is 6.66. The number of likely N-dealkylation sites (tertiary alicyclic amines) is 1. The van der Waals surface area contributed by atoms with Crippen LogP contribution in [0.2, 0.25) is 0 Å². The second-order valence-corrected chi connectivity index (χ2v) is 5.45. The third kappa shape index (κ3) is 4.61. The zero-order chi connectivity index (χ0) is 14.5. The number of ether oxygens (including phenoxy) is 1. The van der Waals surface area contributed by atoms with Crippen molar-refractivity contribution < 1.29 is 9.53 Å². The van der Waals surface area contributed by atoms with Gasteiger partial charge in [0.25, 0.3) is 5.91 Å². The minimum Gasteiger partial charge on any atom is -0.494 e. The third-order valence-corrected chi connectivity index (χ3v) is 3.98. The highest BCUT2D eigenvalue weighted by Gasteiger charge is 2.25. The molecule has 0 bridgehead atoms. The summed E-state index contributed by atoms with van der Waals surface area (Å²) in [6, 6.07) is 7.60. The van der Waals surface area contributed by atoms with E-state index in [9.17, 15) is 4.79 Å². The Labute approximate surface area is 133 Å². The molecule has 0 aliphatic carbocycles. The number of carbonyl (C=O) groups excluding carboxylic acids is 1. The van der Waals surface area contributed by atoms with Crippen LogP contribution in [0.3, 0.4) is 0 Å². The largest absolute Gasteiger partial charge is 0.494 e. The van der Waals surface area contributed by atoms with Gasteiger partial charge in [-0.25, -0.2) is 0 Å². The molecule has 1 fully saturated rings. The zero-order valence-electron chi connectivity index (χ0n) is 12.7. The van der Waals surface area contributed by atoms with Crippen molar-refractivity contribution in [3.05, 3.63) is 29.8 Å². The molecule has 0 radical (unpaired) electrons. The number of nitrogens with zero attached hydrogens (tertiary/aromatic N) is 1. The molecule has 0 saturated carbocycles. The summed E-state index contributed by atoms with van der Waals surface area (Å²) in [5, 5.41) is 0. The summed E-state index contributed by atoms with van der Waals surface area (Å²) in [6.07, 6.45) is 2.00. The van der Waals surface area contributed by atoms with Gasteiger partial charge in [-0.05, 0) is 56.9 Å². The van der Waals surface area contributed by atoms with Crippen LogP contribution in [0.1, 0.15) is 37.0 Å². The van der Waals surface area contributed by atoms with Crippen LogP contribution < -0.4 is 10.5 Å². The molecule has 5 heteroatoms. The maximum Gasteiger partial charge on any atom is 0.253 e. The molecule has 1 atom stereocenters. The monoisotopic (exact) mass is 312 g/mol. The van der Waals surface area contributed by atoms with E-state index < -0.39 is 0 Å². The fraction of sp³-hybridized carbons (Fsp3) is 0.562. The summed E-state index contributed by atoms with van der Waals surface area (Å²) in [5.74, 6) is 1.45. The number of piperidine rings is 1. The lowest BCUT2D eigenvalue weighted by Gasteiger charge is -2.33. The summed E-state index contributed by atoms with van der Waals surface area (Å²) in [6.45, 7) is 6.24. The van der Waals surface area contributed by atoms with Crippen molar-refractivity contribution in [2.45, 2.75) is 32.7 Å². The Morgan fingerprint density at radius 3 is 2.38 bits per heavy atom. The first-order valence-electron chi connectivity index (χ1n) is 7.39. The molecule has 21 heavy (non-hydrogen) atoms. The van der Waals surface area contributed by atoms with E-state index in [0.29, 0.717) is 12.5 Å². The van der Waals surface area contributed by atoms with Gasteiger partial charge in [0.1, 0.15) is 5.75 Å². The van der Waals surface area contributed by atoms with Crippen molar-refractivity contribution in [1.29, 1.82) is 0 Å². The van der Waals surface area contributed by atoms with E-state index in [1.54, 1.807) is 0 Å². The van der Waals surface area contributed by atoms with Crippen LogP contribution in [0.5, 0.6) is 5.75 Å². The van der Waals surface area contributed by atoms with Gasteiger partial charge in [0.05, 0.1) is 6.61 Å². The Morgan fingerprint density at radius 1 is 1.33 bits per heavy atom. The zero-order valence-corrected chi connectivity index (χ0v) is 13.6. The number of amides is 1. The minimum absolute atomic E-state index is 0. The van der Waals surface area contributed by atoms with Gasteiger partial charge < -0.3 is 15.4 Å². The maximum atomic E-state index is 12.4. The molecule has 2 N–H and O–H groups in total. The van der Waals surface area contributed by atoms with Crippen molar-refractivity contribution in [3.63, 3.8) is 0 Å². The molecular weight excluding hydrogens is 288 g/mol. The lowest BCUT2D eigenvalue weighted by Crippen LogP contribution is -2.42. The van der Waals surface area contributed by atoms with Gasteiger partial charge in [0, 0.05) is 24.7 Å². The lowest BCUT2D eigenvalue weighted by atomic mass is 9.90. The first-order valence-corrected chi connectivity index (χ1v) is 7.39. The van der Waals surface area contributed by atoms with Gasteiger partial charge in [0.2, 0.25) is 0 Å². The molecule has 1 aromatic carbocycles. The number of halogens is 1. The molecule has 118 valence electrons. The van der Waals surface area contributed by atoms with E-state index in [4.69, 9.17) is 10.5 Å². The van der Waals surface area contributed by atoms with Crippen molar-refractivity contribution >= 4 is 18.3 Å². The van der Waals surface area contributed by atoms with Crippen LogP contribution in [-0.4, -0.2) is 36.5 Å². The summed E-state index contributed by atoms with van der Waals surface area (Å²) >= 11 is 0. The quantitative estimate of drug-likeness (QED) is 0.930. The van der Waals surface area contributed by atoms with Gasteiger partial charge >= 0.3 is 0 Å². The van der Waals surface area contributed by atoms with Crippen molar-refractivity contribution in [2.75, 3.05) is 19.7 Å². The summed E-state index contributed by atoms with van der Waals surface area (Å²) < 4.78 is 5.39. The first-order chi connectivity index (χ1) is 9.61. The van der Waals surface area contributed by atoms with Crippen LogP contribution in [0.25, 0.3) is 0 Å². The van der Waals surface area contributed by atoms with Crippen LogP contribution >= 0.6 is 12.4 Å². The number of benzene rings is 1. The van der Waals surface area contributed by atoms with Gasteiger partial charge in [-0.3, -0.25) is 4.79 Å². The number of hydrogen-bond donors (Lipinski definition) is 1. The van der Waals surface area contributed by atoms with Crippen LogP contribution in [-0.2, 0) is 0 Å². The smallest absolute Gasteiger partial charge is 0.253 e. The number of rotatable bonds is 4. The number of carbonyl (C=O) groups is 1. The second-order valence-electron chi connectivity index (χ2n) is 5.45. The highest BCUT2D eigenvalue weighted by molar-refractivity contribution is 5.94. The highest BCUT2D eigenvalue weighted by Crippen LogP contribution is 2.21. The van der Waals surface area contributed by atoms with Crippen LogP contribution in [0.4, 0.5) is 0 Å². The Balaban J connectivity index is 0.00000220. The van der Waals surface area contributed by atoms with E-state index in [1.807, 2.05) is 36.1 Å². The summed E-state index contributed by atoms with van der Waals surface area (Å²) in [7, 11) is 0. The highest BCUT2D eigenvalue weighted by atomic mass is 35.5. The lowest BCUT2D eigenvalue weighted by molar-refractivity contribution is 0.0681. The molecule has 0 aromatic heterocycles. The van der Waals surface area contributed by atoms with E-state index in [1.165, 1.54) is 0 Å². The second kappa shape index (κ2) is 8.25. The van der Waals surface area contributed by atoms with Gasteiger partial charge in [-0.15, -0.1) is 12.4 Å². The van der Waals surface area contributed by atoms with E-state index in [-0.39, 0.29) is 24.4 Å². The molecule has 0 spiro atoms. The Kier molecular flexibility index (Phi) is 6.99. The molecule has 1 heterocycles. The average Bonchev–Trinajstić information content (AvgIpc) is 2.48. The van der Waals surface area contributed by atoms with Crippen molar-refractivity contribution in [2.24, 2.45) is 11.7 Å². The van der Waals surface area contributed by atoms with Gasteiger partial charge in [-0.2, -0.15) is 0 Å². The van der Waals surface area contributed by atoms with E-state index in [2.05, 4.69) is 6.92 Å². The topological polar surface area (TPSA) is 55.6 Å². The Bertz CT molecular complexity index is 440. The number of nitrogens with two attached hydrogens (primary N) is 1. The molecule has 1 unspecified atom stereocenters. The molecule has 1 aliphatic rings. The van der Waals surface area contributed by atoms with E-state index in [0.717, 1.165) is 37.2 Å². The maximum absolute atomic E-state index is 12.4. The average molecular weight is 313 g/mol. The van der Waals surface area contributed by atoms with E-state index >= 15 is 0 Å². The van der Waals surface area contributed by atoms with Gasteiger partial charge in [0.15, 0.2) is 0 Å². The number of hydrogen-bond acceptors (Lipinski definition) is 3. The molecule has 4 nitrogen and oxygen atoms in total. The predicted molar refractivity (Wildman–Crippen MR) is 87.1 cm³/mol. The first kappa shape index (κ1) is 17.8. The molecule has 1 amide bonds. The minimum atomic E-state index is 0. The standard InChI is InChI=1S/C16H24N2O2.ClH/c1-3-20-15-6-4-14(5-7-15)16(19)18-10-8-13(9-11-18)12(2)17;/h4-7,12-13H,3,8-11,17H2,1-2H3;1H. The van der Waals surface area contributed by atoms with Crippen molar-refractivity contribution in [3.8, 4) is 5.75 Å². The van der Waals surface area contributed by atoms with Crippen LogP contribution in [0.15, 0.2) is 24.3 Å². The molecule has 1 saturated heterocycles. The van der Waals surface area contributed by atoms with Crippen LogP contribution in [0, 0.1) is 5.92 Å². The Morgan fingerprint density at radius 2 is 1.90 bits per heavy atom. The molecular formula is C16H25ClN2O2. The fourth-order valence-electron chi connectivity index (χ4n) is 2.67. The fourth-order valence-corrected chi connectivity index (χ4v) is 2.67. The third-order valence-electron chi connectivity index (χ3n) is 3.98. The predicted octanol–water partition coefficient (Wildman–Crippen LogP) is 2.71. The summed E-state index contributed by atoms with van der Waals surface area (Å²) in [4.78, 5) is 14.3.